The number of aliphatic hydroxyl groups is 1. The minimum Gasteiger partial charge on any atom is -0.492 e. The summed E-state index contributed by atoms with van der Waals surface area (Å²) in [5.41, 5.74) is 5.38. The molecule has 31 heavy (non-hydrogen) atoms. The first kappa shape index (κ1) is 22.0. The third-order valence-electron chi connectivity index (χ3n) is 4.66. The zero-order chi connectivity index (χ0) is 22.1. The van der Waals surface area contributed by atoms with Crippen molar-refractivity contribution in [3.05, 3.63) is 89.5 Å². The number of hydroxylamine groups is 1. The number of ether oxygens (including phenoxy) is 1. The summed E-state index contributed by atoms with van der Waals surface area (Å²) in [6.07, 6.45) is 0.589. The maximum atomic E-state index is 12.5. The molecule has 0 unspecified atom stereocenters. The Bertz CT molecular complexity index is 1030. The summed E-state index contributed by atoms with van der Waals surface area (Å²) in [6.45, 7) is 0.671. The summed E-state index contributed by atoms with van der Waals surface area (Å²) in [5, 5.41) is 20.6. The highest BCUT2D eigenvalue weighted by Gasteiger charge is 2.08. The molecule has 0 aliphatic carbocycles. The van der Waals surface area contributed by atoms with Gasteiger partial charge in [-0.3, -0.25) is 14.8 Å². The van der Waals surface area contributed by atoms with Crippen molar-refractivity contribution in [2.45, 2.75) is 6.42 Å². The average molecular weight is 420 g/mol. The smallest absolute Gasteiger partial charge is 0.274 e. The van der Waals surface area contributed by atoms with E-state index in [0.29, 0.717) is 29.8 Å². The van der Waals surface area contributed by atoms with E-state index in [1.54, 1.807) is 23.7 Å². The Hall–Kier alpha value is -3.68. The third-order valence-corrected chi connectivity index (χ3v) is 4.66. The number of carbonyl (C=O) groups excluding carboxylic acids is 2. The molecule has 2 amide bonds. The van der Waals surface area contributed by atoms with Gasteiger partial charge >= 0.3 is 0 Å². The summed E-state index contributed by atoms with van der Waals surface area (Å²) < 4.78 is 5.56. The van der Waals surface area contributed by atoms with Gasteiger partial charge in [0, 0.05) is 17.7 Å². The second-order valence-electron chi connectivity index (χ2n) is 6.82. The lowest BCUT2D eigenvalue weighted by Gasteiger charge is -2.10. The van der Waals surface area contributed by atoms with E-state index in [9.17, 15) is 9.59 Å². The molecule has 0 bridgehead atoms. The molecule has 3 rings (SSSR count). The molecule has 7 nitrogen and oxygen atoms in total. The fraction of sp³-hybridized carbons (Fsp3) is 0.167. The Labute approximate surface area is 180 Å². The molecule has 0 aliphatic rings. The van der Waals surface area contributed by atoms with Crippen LogP contribution >= 0.6 is 0 Å². The van der Waals surface area contributed by atoms with Crippen molar-refractivity contribution in [2.75, 3.05) is 19.8 Å². The van der Waals surface area contributed by atoms with Gasteiger partial charge in [-0.05, 0) is 59.5 Å². The second kappa shape index (κ2) is 10.9. The predicted molar refractivity (Wildman–Crippen MR) is 116 cm³/mol. The van der Waals surface area contributed by atoms with Gasteiger partial charge in [0.15, 0.2) is 0 Å². The molecule has 0 saturated heterocycles. The minimum atomic E-state index is -0.596. The van der Waals surface area contributed by atoms with Crippen LogP contribution in [0.25, 0.3) is 11.1 Å². The van der Waals surface area contributed by atoms with Gasteiger partial charge < -0.3 is 15.2 Å². The Morgan fingerprint density at radius 3 is 2.26 bits per heavy atom. The molecular formula is C24H24N2O5. The molecule has 4 N–H and O–H groups in total. The zero-order valence-electron chi connectivity index (χ0n) is 16.9. The number of hydrogen-bond acceptors (Lipinski definition) is 5. The Morgan fingerprint density at radius 2 is 1.55 bits per heavy atom. The highest BCUT2D eigenvalue weighted by atomic mass is 16.5. The summed E-state index contributed by atoms with van der Waals surface area (Å²) in [6, 6.07) is 21.5. The van der Waals surface area contributed by atoms with E-state index < -0.39 is 5.91 Å². The summed E-state index contributed by atoms with van der Waals surface area (Å²) in [7, 11) is 0. The first-order chi connectivity index (χ1) is 15.1. The molecule has 0 atom stereocenters. The van der Waals surface area contributed by atoms with E-state index in [2.05, 4.69) is 5.32 Å². The predicted octanol–water partition coefficient (Wildman–Crippen LogP) is 2.82. The van der Waals surface area contributed by atoms with Crippen LogP contribution in [0.15, 0.2) is 72.8 Å². The maximum absolute atomic E-state index is 12.5. The zero-order valence-corrected chi connectivity index (χ0v) is 16.9. The number of aliphatic hydroxyl groups excluding tert-OH is 1. The molecule has 0 saturated carbocycles. The molecule has 3 aromatic rings. The molecule has 0 radical (unpaired) electrons. The van der Waals surface area contributed by atoms with Crippen molar-refractivity contribution in [1.29, 1.82) is 0 Å². The Morgan fingerprint density at radius 1 is 0.839 bits per heavy atom. The summed E-state index contributed by atoms with van der Waals surface area (Å²) >= 11 is 0. The van der Waals surface area contributed by atoms with Crippen LogP contribution in [-0.4, -0.2) is 41.9 Å². The van der Waals surface area contributed by atoms with Crippen LogP contribution in [-0.2, 0) is 6.42 Å². The van der Waals surface area contributed by atoms with Gasteiger partial charge in [-0.15, -0.1) is 0 Å². The fourth-order valence-corrected chi connectivity index (χ4v) is 3.08. The van der Waals surface area contributed by atoms with Gasteiger partial charge in [-0.2, -0.15) is 0 Å². The normalized spacial score (nSPS) is 10.4. The monoisotopic (exact) mass is 420 g/mol. The van der Waals surface area contributed by atoms with Crippen molar-refractivity contribution in [3.63, 3.8) is 0 Å². The lowest BCUT2D eigenvalue weighted by Crippen LogP contribution is -2.28. The molecule has 7 heteroatoms. The number of nitrogens with one attached hydrogen (secondary N) is 2. The first-order valence-electron chi connectivity index (χ1n) is 9.86. The second-order valence-corrected chi connectivity index (χ2v) is 6.82. The van der Waals surface area contributed by atoms with Crippen LogP contribution in [0.2, 0.25) is 0 Å². The van der Waals surface area contributed by atoms with E-state index >= 15 is 0 Å². The van der Waals surface area contributed by atoms with E-state index in [4.69, 9.17) is 15.1 Å². The lowest BCUT2D eigenvalue weighted by molar-refractivity contribution is 0.0706. The maximum Gasteiger partial charge on any atom is 0.274 e. The fourth-order valence-electron chi connectivity index (χ4n) is 3.08. The van der Waals surface area contributed by atoms with Crippen molar-refractivity contribution < 1.29 is 24.6 Å². The van der Waals surface area contributed by atoms with Gasteiger partial charge in [0.1, 0.15) is 12.4 Å². The van der Waals surface area contributed by atoms with Gasteiger partial charge in [-0.25, -0.2) is 5.48 Å². The highest BCUT2D eigenvalue weighted by Crippen LogP contribution is 2.22. The lowest BCUT2D eigenvalue weighted by atomic mass is 10.00. The summed E-state index contributed by atoms with van der Waals surface area (Å²) in [4.78, 5) is 23.8. The topological polar surface area (TPSA) is 108 Å². The van der Waals surface area contributed by atoms with Gasteiger partial charge in [0.2, 0.25) is 0 Å². The molecular weight excluding hydrogens is 396 g/mol. The van der Waals surface area contributed by atoms with Crippen LogP contribution in [0.3, 0.4) is 0 Å². The van der Waals surface area contributed by atoms with Crippen LogP contribution in [0.1, 0.15) is 26.3 Å². The molecule has 0 aromatic heterocycles. The van der Waals surface area contributed by atoms with Gasteiger partial charge in [0.25, 0.3) is 11.8 Å². The number of amides is 2. The number of benzene rings is 3. The Kier molecular flexibility index (Phi) is 7.75. The molecule has 0 aliphatic heterocycles. The Balaban J connectivity index is 1.53. The van der Waals surface area contributed by atoms with Crippen molar-refractivity contribution in [1.82, 2.24) is 10.8 Å². The SMILES string of the molecule is O=C(NO)c1ccc(OCCNC(=O)c2cccc(-c3cccc(CCO)c3)c2)cc1. The van der Waals surface area contributed by atoms with E-state index in [-0.39, 0.29) is 19.1 Å². The van der Waals surface area contributed by atoms with Gasteiger partial charge in [0.05, 0.1) is 6.54 Å². The molecule has 0 fully saturated rings. The molecule has 160 valence electrons. The van der Waals surface area contributed by atoms with Gasteiger partial charge in [-0.1, -0.05) is 36.4 Å². The standard InChI is InChI=1S/C24H24N2O5/c27-13-11-17-3-1-4-19(15-17)20-5-2-6-21(16-20)23(28)25-12-14-31-22-9-7-18(8-10-22)24(29)26-30/h1-10,15-16,27,30H,11-14H2,(H,25,28)(H,26,29). The highest BCUT2D eigenvalue weighted by molar-refractivity contribution is 5.95. The van der Waals surface area contributed by atoms with E-state index in [0.717, 1.165) is 16.7 Å². The van der Waals surface area contributed by atoms with Crippen molar-refractivity contribution >= 4 is 11.8 Å². The average Bonchev–Trinajstić information content (AvgIpc) is 2.82. The number of carbonyl (C=O) groups is 2. The summed E-state index contributed by atoms with van der Waals surface area (Å²) in [5.74, 6) is -0.249. The van der Waals surface area contributed by atoms with Crippen LogP contribution < -0.4 is 15.5 Å². The van der Waals surface area contributed by atoms with E-state index in [1.165, 1.54) is 12.1 Å². The molecule has 0 heterocycles. The van der Waals surface area contributed by atoms with Crippen LogP contribution in [0.4, 0.5) is 0 Å². The van der Waals surface area contributed by atoms with Crippen LogP contribution in [0.5, 0.6) is 5.75 Å². The minimum absolute atomic E-state index is 0.0934. The van der Waals surface area contributed by atoms with Crippen molar-refractivity contribution in [2.24, 2.45) is 0 Å². The number of rotatable bonds is 9. The number of hydrogen-bond donors (Lipinski definition) is 4. The van der Waals surface area contributed by atoms with E-state index in [1.807, 2.05) is 42.5 Å². The quantitative estimate of drug-likeness (QED) is 0.242. The van der Waals surface area contributed by atoms with Crippen molar-refractivity contribution in [3.8, 4) is 16.9 Å². The molecule has 0 spiro atoms. The first-order valence-corrected chi connectivity index (χ1v) is 9.86. The largest absolute Gasteiger partial charge is 0.492 e. The molecule has 3 aromatic carbocycles. The third kappa shape index (κ3) is 6.15. The van der Waals surface area contributed by atoms with Crippen LogP contribution in [0, 0.1) is 0 Å².